The van der Waals surface area contributed by atoms with Crippen LogP contribution in [0.15, 0.2) is 30.3 Å². The molecule has 0 atom stereocenters. The first-order valence-corrected chi connectivity index (χ1v) is 5.88. The topological polar surface area (TPSA) is 43.8 Å². The Labute approximate surface area is 106 Å². The molecule has 1 aromatic heterocycles. The molecule has 0 unspecified atom stereocenters. The van der Waals surface area contributed by atoms with Gasteiger partial charge in [0.05, 0.1) is 16.3 Å². The zero-order valence-corrected chi connectivity index (χ0v) is 11.0. The Bertz CT molecular complexity index is 538. The van der Waals surface area contributed by atoms with Crippen LogP contribution in [0.5, 0.6) is 0 Å². The quantitative estimate of drug-likeness (QED) is 0.840. The van der Waals surface area contributed by atoms with E-state index in [-0.39, 0.29) is 5.54 Å². The summed E-state index contributed by atoms with van der Waals surface area (Å²) in [5.41, 5.74) is 7.55. The summed E-state index contributed by atoms with van der Waals surface area (Å²) in [5.74, 6) is 0.646. The molecule has 0 fully saturated rings. The van der Waals surface area contributed by atoms with Crippen LogP contribution in [0.2, 0.25) is 5.02 Å². The van der Waals surface area contributed by atoms with Gasteiger partial charge in [-0.3, -0.25) is 0 Å². The van der Waals surface area contributed by atoms with Crippen LogP contribution < -0.4 is 5.73 Å². The second kappa shape index (κ2) is 4.08. The number of halogens is 1. The van der Waals surface area contributed by atoms with E-state index in [1.807, 2.05) is 35.0 Å². The molecule has 0 aliphatic heterocycles. The van der Waals surface area contributed by atoms with Crippen molar-refractivity contribution in [2.45, 2.75) is 26.3 Å². The van der Waals surface area contributed by atoms with Crippen LogP contribution in [0.1, 0.15) is 20.8 Å². The number of rotatable bonds is 1. The summed E-state index contributed by atoms with van der Waals surface area (Å²) in [6.07, 6.45) is 0. The minimum atomic E-state index is -0.135. The summed E-state index contributed by atoms with van der Waals surface area (Å²) in [7, 11) is 0. The lowest BCUT2D eigenvalue weighted by Gasteiger charge is -2.20. The van der Waals surface area contributed by atoms with Crippen molar-refractivity contribution in [3.63, 3.8) is 0 Å². The SMILES string of the molecule is CC(C)(C)n1nc(-c2ccccc2Cl)cc1N. The van der Waals surface area contributed by atoms with Crippen LogP contribution in [0.3, 0.4) is 0 Å². The molecule has 0 radical (unpaired) electrons. The lowest BCUT2D eigenvalue weighted by atomic mass is 10.1. The van der Waals surface area contributed by atoms with Gasteiger partial charge in [-0.15, -0.1) is 0 Å². The average molecular weight is 250 g/mol. The number of nitrogens with two attached hydrogens (primary N) is 1. The number of nitrogens with zero attached hydrogens (tertiary/aromatic N) is 2. The number of aromatic nitrogens is 2. The minimum absolute atomic E-state index is 0.135. The Kier molecular flexibility index (Phi) is 2.87. The highest BCUT2D eigenvalue weighted by atomic mass is 35.5. The number of hydrogen-bond donors (Lipinski definition) is 1. The molecule has 1 aromatic carbocycles. The van der Waals surface area contributed by atoms with Crippen molar-refractivity contribution < 1.29 is 0 Å². The zero-order chi connectivity index (χ0) is 12.6. The Hall–Kier alpha value is -1.48. The first-order chi connectivity index (χ1) is 7.89. The Morgan fingerprint density at radius 3 is 2.41 bits per heavy atom. The largest absolute Gasteiger partial charge is 0.384 e. The van der Waals surface area contributed by atoms with Gasteiger partial charge in [0.1, 0.15) is 5.82 Å². The normalized spacial score (nSPS) is 11.8. The van der Waals surface area contributed by atoms with Crippen molar-refractivity contribution in [2.75, 3.05) is 5.73 Å². The standard InChI is InChI=1S/C13H16ClN3/c1-13(2,3)17-12(15)8-11(16-17)9-6-4-5-7-10(9)14/h4-8H,15H2,1-3H3. The third-order valence-electron chi connectivity index (χ3n) is 2.52. The molecule has 90 valence electrons. The molecule has 1 heterocycles. The van der Waals surface area contributed by atoms with Crippen LogP contribution in [-0.2, 0) is 5.54 Å². The molecule has 0 aliphatic rings. The maximum Gasteiger partial charge on any atom is 0.122 e. The minimum Gasteiger partial charge on any atom is -0.384 e. The molecule has 0 saturated carbocycles. The molecule has 0 amide bonds. The van der Waals surface area contributed by atoms with Gasteiger partial charge >= 0.3 is 0 Å². The van der Waals surface area contributed by atoms with Gasteiger partial charge in [-0.2, -0.15) is 5.10 Å². The Morgan fingerprint density at radius 1 is 1.24 bits per heavy atom. The number of benzene rings is 1. The van der Waals surface area contributed by atoms with Crippen molar-refractivity contribution in [3.05, 3.63) is 35.4 Å². The molecule has 17 heavy (non-hydrogen) atoms. The zero-order valence-electron chi connectivity index (χ0n) is 10.2. The molecule has 2 N–H and O–H groups in total. The van der Waals surface area contributed by atoms with Crippen molar-refractivity contribution >= 4 is 17.4 Å². The molecule has 3 nitrogen and oxygen atoms in total. The van der Waals surface area contributed by atoms with Crippen LogP contribution in [0.4, 0.5) is 5.82 Å². The molecule has 4 heteroatoms. The number of nitrogen functional groups attached to an aromatic ring is 1. The first-order valence-electron chi connectivity index (χ1n) is 5.50. The fourth-order valence-electron chi connectivity index (χ4n) is 1.73. The van der Waals surface area contributed by atoms with E-state index in [1.54, 1.807) is 0 Å². The third-order valence-corrected chi connectivity index (χ3v) is 2.85. The first kappa shape index (κ1) is 12.0. The van der Waals surface area contributed by atoms with E-state index in [2.05, 4.69) is 25.9 Å². The highest BCUT2D eigenvalue weighted by molar-refractivity contribution is 6.33. The van der Waals surface area contributed by atoms with E-state index in [0.717, 1.165) is 11.3 Å². The van der Waals surface area contributed by atoms with Gasteiger partial charge in [0.15, 0.2) is 0 Å². The Balaban J connectivity index is 2.53. The monoisotopic (exact) mass is 249 g/mol. The van der Waals surface area contributed by atoms with E-state index in [1.165, 1.54) is 0 Å². The summed E-state index contributed by atoms with van der Waals surface area (Å²) in [5, 5.41) is 5.21. The third kappa shape index (κ3) is 2.29. The van der Waals surface area contributed by atoms with E-state index < -0.39 is 0 Å². The maximum atomic E-state index is 6.14. The lowest BCUT2D eigenvalue weighted by molar-refractivity contribution is 0.362. The van der Waals surface area contributed by atoms with Gasteiger partial charge in [0.2, 0.25) is 0 Å². The van der Waals surface area contributed by atoms with E-state index in [0.29, 0.717) is 10.8 Å². The molecule has 0 saturated heterocycles. The fourth-order valence-corrected chi connectivity index (χ4v) is 1.97. The van der Waals surface area contributed by atoms with Gasteiger partial charge in [-0.25, -0.2) is 4.68 Å². The molecular formula is C13H16ClN3. The molecule has 0 spiro atoms. The maximum absolute atomic E-state index is 6.14. The molecule has 2 aromatic rings. The highest BCUT2D eigenvalue weighted by Gasteiger charge is 2.19. The van der Waals surface area contributed by atoms with Gasteiger partial charge in [-0.05, 0) is 26.8 Å². The predicted molar refractivity (Wildman–Crippen MR) is 72.1 cm³/mol. The second-order valence-corrected chi connectivity index (χ2v) is 5.42. The van der Waals surface area contributed by atoms with Gasteiger partial charge in [0.25, 0.3) is 0 Å². The van der Waals surface area contributed by atoms with Gasteiger partial charge in [0, 0.05) is 11.6 Å². The predicted octanol–water partition coefficient (Wildman–Crippen LogP) is 3.54. The second-order valence-electron chi connectivity index (χ2n) is 5.02. The van der Waals surface area contributed by atoms with Crippen molar-refractivity contribution in [2.24, 2.45) is 0 Å². The van der Waals surface area contributed by atoms with E-state index >= 15 is 0 Å². The summed E-state index contributed by atoms with van der Waals surface area (Å²) in [6, 6.07) is 9.48. The van der Waals surface area contributed by atoms with Crippen molar-refractivity contribution in [1.82, 2.24) is 9.78 Å². The molecule has 2 rings (SSSR count). The summed E-state index contributed by atoms with van der Waals surface area (Å²) >= 11 is 6.14. The average Bonchev–Trinajstić information content (AvgIpc) is 2.60. The number of hydrogen-bond acceptors (Lipinski definition) is 2. The van der Waals surface area contributed by atoms with Crippen LogP contribution in [0, 0.1) is 0 Å². The summed E-state index contributed by atoms with van der Waals surface area (Å²) in [4.78, 5) is 0. The van der Waals surface area contributed by atoms with Crippen molar-refractivity contribution in [1.29, 1.82) is 0 Å². The summed E-state index contributed by atoms with van der Waals surface area (Å²) in [6.45, 7) is 6.19. The number of anilines is 1. The van der Waals surface area contributed by atoms with E-state index in [4.69, 9.17) is 17.3 Å². The molecule has 0 aliphatic carbocycles. The Morgan fingerprint density at radius 2 is 1.88 bits per heavy atom. The highest BCUT2D eigenvalue weighted by Crippen LogP contribution is 2.29. The van der Waals surface area contributed by atoms with Crippen molar-refractivity contribution in [3.8, 4) is 11.3 Å². The van der Waals surface area contributed by atoms with Gasteiger partial charge in [-0.1, -0.05) is 29.8 Å². The van der Waals surface area contributed by atoms with E-state index in [9.17, 15) is 0 Å². The summed E-state index contributed by atoms with van der Waals surface area (Å²) < 4.78 is 1.81. The van der Waals surface area contributed by atoms with Crippen LogP contribution in [-0.4, -0.2) is 9.78 Å². The van der Waals surface area contributed by atoms with Crippen LogP contribution in [0.25, 0.3) is 11.3 Å². The van der Waals surface area contributed by atoms with Gasteiger partial charge < -0.3 is 5.73 Å². The smallest absolute Gasteiger partial charge is 0.122 e. The lowest BCUT2D eigenvalue weighted by Crippen LogP contribution is -2.24. The molecule has 0 bridgehead atoms. The van der Waals surface area contributed by atoms with Crippen LogP contribution >= 0.6 is 11.6 Å². The molecular weight excluding hydrogens is 234 g/mol. The fraction of sp³-hybridized carbons (Fsp3) is 0.308.